The maximum absolute atomic E-state index is 5.96. The molecule has 0 spiro atoms. The predicted molar refractivity (Wildman–Crippen MR) is 68.8 cm³/mol. The first-order valence-corrected chi connectivity index (χ1v) is 6.32. The second-order valence-corrected chi connectivity index (χ2v) is 5.01. The summed E-state index contributed by atoms with van der Waals surface area (Å²) < 4.78 is 0. The minimum Gasteiger partial charge on any atom is -0.330 e. The van der Waals surface area contributed by atoms with E-state index in [4.69, 9.17) is 17.3 Å². The van der Waals surface area contributed by atoms with Gasteiger partial charge in [0, 0.05) is 18.1 Å². The quantitative estimate of drug-likeness (QED) is 0.871. The van der Waals surface area contributed by atoms with Crippen molar-refractivity contribution in [1.29, 1.82) is 0 Å². The van der Waals surface area contributed by atoms with Crippen LogP contribution in [0.25, 0.3) is 0 Å². The van der Waals surface area contributed by atoms with E-state index in [-0.39, 0.29) is 0 Å². The highest BCUT2D eigenvalue weighted by atomic mass is 35.5. The van der Waals surface area contributed by atoms with Crippen LogP contribution < -0.4 is 5.73 Å². The van der Waals surface area contributed by atoms with Gasteiger partial charge in [0.2, 0.25) is 0 Å². The monoisotopic (exact) mass is 238 g/mol. The zero-order valence-corrected chi connectivity index (χ0v) is 10.3. The number of hydrogen-bond acceptors (Lipinski definition) is 2. The van der Waals surface area contributed by atoms with Crippen molar-refractivity contribution in [3.63, 3.8) is 0 Å². The maximum Gasteiger partial charge on any atom is 0.0408 e. The van der Waals surface area contributed by atoms with Crippen LogP contribution in [0.1, 0.15) is 12.0 Å². The summed E-state index contributed by atoms with van der Waals surface area (Å²) in [6, 6.07) is 8.14. The lowest BCUT2D eigenvalue weighted by atomic mass is 10.1. The smallest absolute Gasteiger partial charge is 0.0408 e. The Morgan fingerprint density at radius 2 is 2.31 bits per heavy atom. The molecule has 88 valence electrons. The largest absolute Gasteiger partial charge is 0.330 e. The molecule has 2 nitrogen and oxygen atoms in total. The molecule has 0 aliphatic carbocycles. The molecule has 0 saturated carbocycles. The minimum atomic E-state index is 0.708. The number of rotatable bonds is 4. The van der Waals surface area contributed by atoms with Crippen LogP contribution in [0.4, 0.5) is 0 Å². The minimum absolute atomic E-state index is 0.708. The van der Waals surface area contributed by atoms with Crippen molar-refractivity contribution in [2.75, 3.05) is 26.2 Å². The fourth-order valence-corrected chi connectivity index (χ4v) is 2.50. The van der Waals surface area contributed by atoms with Gasteiger partial charge >= 0.3 is 0 Å². The van der Waals surface area contributed by atoms with Crippen LogP contribution in [-0.2, 0) is 6.42 Å². The van der Waals surface area contributed by atoms with E-state index in [2.05, 4.69) is 17.0 Å². The highest BCUT2D eigenvalue weighted by molar-refractivity contribution is 6.30. The molecule has 0 radical (unpaired) electrons. The van der Waals surface area contributed by atoms with Crippen molar-refractivity contribution in [1.82, 2.24) is 4.90 Å². The number of benzene rings is 1. The molecule has 1 aliphatic rings. The Bertz CT molecular complexity index is 340. The molecule has 1 saturated heterocycles. The highest BCUT2D eigenvalue weighted by Gasteiger charge is 2.20. The van der Waals surface area contributed by atoms with Crippen LogP contribution in [0.15, 0.2) is 24.3 Å². The summed E-state index contributed by atoms with van der Waals surface area (Å²) in [6.07, 6.45) is 2.34. The third-order valence-corrected chi connectivity index (χ3v) is 3.54. The van der Waals surface area contributed by atoms with Crippen LogP contribution in [0.5, 0.6) is 0 Å². The van der Waals surface area contributed by atoms with Gasteiger partial charge in [0.05, 0.1) is 0 Å². The number of nitrogens with zero attached hydrogens (tertiary/aromatic N) is 1. The zero-order chi connectivity index (χ0) is 11.4. The second kappa shape index (κ2) is 5.67. The first-order valence-electron chi connectivity index (χ1n) is 5.95. The number of nitrogens with two attached hydrogens (primary N) is 1. The van der Waals surface area contributed by atoms with Crippen molar-refractivity contribution in [3.8, 4) is 0 Å². The van der Waals surface area contributed by atoms with Crippen molar-refractivity contribution >= 4 is 11.6 Å². The molecule has 0 aromatic heterocycles. The molecule has 2 rings (SSSR count). The first-order chi connectivity index (χ1) is 7.78. The van der Waals surface area contributed by atoms with Crippen LogP contribution in [0.3, 0.4) is 0 Å². The normalized spacial score (nSPS) is 21.5. The van der Waals surface area contributed by atoms with E-state index in [1.54, 1.807) is 0 Å². The number of halogens is 1. The van der Waals surface area contributed by atoms with Crippen LogP contribution in [-0.4, -0.2) is 31.1 Å². The standard InChI is InChI=1S/C13H19ClN2/c14-13-3-1-2-11(8-13)4-6-16-7-5-12(9-15)10-16/h1-3,8,12H,4-7,9-10,15H2. The van der Waals surface area contributed by atoms with Crippen molar-refractivity contribution in [3.05, 3.63) is 34.9 Å². The van der Waals surface area contributed by atoms with E-state index in [1.807, 2.05) is 12.1 Å². The molecular formula is C13H19ClN2. The summed E-state index contributed by atoms with van der Waals surface area (Å²) >= 11 is 5.96. The molecule has 0 bridgehead atoms. The van der Waals surface area contributed by atoms with Gasteiger partial charge in [-0.2, -0.15) is 0 Å². The van der Waals surface area contributed by atoms with Crippen molar-refractivity contribution in [2.45, 2.75) is 12.8 Å². The van der Waals surface area contributed by atoms with Gasteiger partial charge in [0.15, 0.2) is 0 Å². The SMILES string of the molecule is NCC1CCN(CCc2cccc(Cl)c2)C1. The molecule has 1 aliphatic heterocycles. The fourth-order valence-electron chi connectivity index (χ4n) is 2.29. The van der Waals surface area contributed by atoms with Crippen molar-refractivity contribution in [2.24, 2.45) is 11.7 Å². The van der Waals surface area contributed by atoms with E-state index >= 15 is 0 Å². The molecule has 1 fully saturated rings. The Labute approximate surface area is 102 Å². The molecule has 0 amide bonds. The Hall–Kier alpha value is -0.570. The fraction of sp³-hybridized carbons (Fsp3) is 0.538. The highest BCUT2D eigenvalue weighted by Crippen LogP contribution is 2.16. The van der Waals surface area contributed by atoms with E-state index in [9.17, 15) is 0 Å². The number of hydrogen-bond donors (Lipinski definition) is 1. The molecule has 2 N–H and O–H groups in total. The van der Waals surface area contributed by atoms with Crippen LogP contribution in [0, 0.1) is 5.92 Å². The van der Waals surface area contributed by atoms with E-state index < -0.39 is 0 Å². The van der Waals surface area contributed by atoms with Gasteiger partial charge in [0.25, 0.3) is 0 Å². The third kappa shape index (κ3) is 3.21. The summed E-state index contributed by atoms with van der Waals surface area (Å²) in [5, 5.41) is 0.832. The molecule has 1 aromatic carbocycles. The number of likely N-dealkylation sites (tertiary alicyclic amines) is 1. The first kappa shape index (κ1) is 11.9. The van der Waals surface area contributed by atoms with E-state index in [0.717, 1.165) is 31.1 Å². The summed E-state index contributed by atoms with van der Waals surface area (Å²) in [6.45, 7) is 4.31. The third-order valence-electron chi connectivity index (χ3n) is 3.31. The maximum atomic E-state index is 5.96. The Balaban J connectivity index is 1.80. The summed E-state index contributed by atoms with van der Waals surface area (Å²) in [7, 11) is 0. The molecule has 1 aromatic rings. The van der Waals surface area contributed by atoms with Gasteiger partial charge in [-0.3, -0.25) is 0 Å². The molecular weight excluding hydrogens is 220 g/mol. The molecule has 1 unspecified atom stereocenters. The van der Waals surface area contributed by atoms with Gasteiger partial charge in [-0.05, 0) is 49.5 Å². The van der Waals surface area contributed by atoms with E-state index in [0.29, 0.717) is 5.92 Å². The topological polar surface area (TPSA) is 29.3 Å². The van der Waals surface area contributed by atoms with Gasteiger partial charge in [-0.25, -0.2) is 0 Å². The van der Waals surface area contributed by atoms with Crippen LogP contribution in [0.2, 0.25) is 5.02 Å². The predicted octanol–water partition coefficient (Wildman–Crippen LogP) is 2.16. The zero-order valence-electron chi connectivity index (χ0n) is 9.53. The molecule has 3 heteroatoms. The second-order valence-electron chi connectivity index (χ2n) is 4.57. The van der Waals surface area contributed by atoms with Gasteiger partial charge < -0.3 is 10.6 Å². The Kier molecular flexibility index (Phi) is 4.22. The lowest BCUT2D eigenvalue weighted by molar-refractivity contribution is 0.329. The van der Waals surface area contributed by atoms with Gasteiger partial charge in [-0.15, -0.1) is 0 Å². The summed E-state index contributed by atoms with van der Waals surface area (Å²) in [5.74, 6) is 0.708. The van der Waals surface area contributed by atoms with Crippen LogP contribution >= 0.6 is 11.6 Å². The Morgan fingerprint density at radius 1 is 1.44 bits per heavy atom. The molecule has 1 heterocycles. The average Bonchev–Trinajstić information content (AvgIpc) is 2.74. The molecule has 1 atom stereocenters. The summed E-state index contributed by atoms with van der Waals surface area (Å²) in [5.41, 5.74) is 7.00. The van der Waals surface area contributed by atoms with Gasteiger partial charge in [0.1, 0.15) is 0 Å². The lowest BCUT2D eigenvalue weighted by Gasteiger charge is -2.15. The van der Waals surface area contributed by atoms with Crippen molar-refractivity contribution < 1.29 is 0 Å². The Morgan fingerprint density at radius 3 is 3.00 bits per heavy atom. The van der Waals surface area contributed by atoms with E-state index in [1.165, 1.54) is 18.5 Å². The lowest BCUT2D eigenvalue weighted by Crippen LogP contribution is -2.25. The average molecular weight is 239 g/mol. The van der Waals surface area contributed by atoms with Gasteiger partial charge in [-0.1, -0.05) is 23.7 Å². The summed E-state index contributed by atoms with van der Waals surface area (Å²) in [4.78, 5) is 2.50. The molecule has 16 heavy (non-hydrogen) atoms.